The van der Waals surface area contributed by atoms with Gasteiger partial charge in [0.15, 0.2) is 11.5 Å². The summed E-state index contributed by atoms with van der Waals surface area (Å²) in [5.41, 5.74) is 7.13. The number of nitriles is 1. The predicted octanol–water partition coefficient (Wildman–Crippen LogP) is 2.12. The minimum absolute atomic E-state index is 0. The molecule has 0 unspecified atom stereocenters. The summed E-state index contributed by atoms with van der Waals surface area (Å²) in [5.74, 6) is 0.524. The Hall–Kier alpha value is -1.48. The van der Waals surface area contributed by atoms with Gasteiger partial charge in [0.2, 0.25) is 0 Å². The molecule has 1 aromatic carbocycles. The lowest BCUT2D eigenvalue weighted by molar-refractivity contribution is 0.0580. The molecule has 0 amide bonds. The molecule has 110 valence electrons. The second-order valence-corrected chi connectivity index (χ2v) is 4.67. The quantitative estimate of drug-likeness (QED) is 0.892. The molecule has 1 saturated heterocycles. The number of hydrogen-bond acceptors (Lipinski definition) is 5. The van der Waals surface area contributed by atoms with E-state index in [9.17, 15) is 10.4 Å². The van der Waals surface area contributed by atoms with Crippen LogP contribution < -0.4 is 10.5 Å². The van der Waals surface area contributed by atoms with Crippen molar-refractivity contribution in [3.63, 3.8) is 0 Å². The SMILES string of the molecule is COc1ccc(C#N)c([C@@H](N)C2CCOCC2)c1O.Cl. The summed E-state index contributed by atoms with van der Waals surface area (Å²) in [6, 6.07) is 4.91. The summed E-state index contributed by atoms with van der Waals surface area (Å²) in [7, 11) is 1.48. The number of hydrogen-bond donors (Lipinski definition) is 2. The van der Waals surface area contributed by atoms with Crippen LogP contribution in [0.2, 0.25) is 0 Å². The fourth-order valence-electron chi connectivity index (χ4n) is 2.50. The zero-order valence-corrected chi connectivity index (χ0v) is 12.2. The Bertz CT molecular complexity index is 496. The smallest absolute Gasteiger partial charge is 0.163 e. The van der Waals surface area contributed by atoms with Gasteiger partial charge in [-0.25, -0.2) is 0 Å². The number of nitrogens with two attached hydrogens (primary N) is 1. The van der Waals surface area contributed by atoms with Crippen molar-refractivity contribution in [2.24, 2.45) is 11.7 Å². The molecule has 2 rings (SSSR count). The molecule has 0 spiro atoms. The van der Waals surface area contributed by atoms with Crippen LogP contribution in [-0.2, 0) is 4.74 Å². The lowest BCUT2D eigenvalue weighted by atomic mass is 9.85. The number of aromatic hydroxyl groups is 1. The Morgan fingerprint density at radius 1 is 1.45 bits per heavy atom. The fraction of sp³-hybridized carbons (Fsp3) is 0.500. The molecule has 5 nitrogen and oxygen atoms in total. The zero-order chi connectivity index (χ0) is 13.8. The lowest BCUT2D eigenvalue weighted by Gasteiger charge is -2.29. The highest BCUT2D eigenvalue weighted by Gasteiger charge is 2.27. The molecule has 1 aliphatic rings. The molecule has 1 aliphatic heterocycles. The molecule has 20 heavy (non-hydrogen) atoms. The van der Waals surface area contributed by atoms with E-state index in [-0.39, 0.29) is 30.1 Å². The van der Waals surface area contributed by atoms with E-state index in [0.717, 1.165) is 12.8 Å². The van der Waals surface area contributed by atoms with Crippen LogP contribution in [0.4, 0.5) is 0 Å². The van der Waals surface area contributed by atoms with E-state index in [4.69, 9.17) is 15.2 Å². The summed E-state index contributed by atoms with van der Waals surface area (Å²) in [6.45, 7) is 1.34. The maximum Gasteiger partial charge on any atom is 0.163 e. The van der Waals surface area contributed by atoms with Gasteiger partial charge in [0, 0.05) is 24.8 Å². The van der Waals surface area contributed by atoms with E-state index in [1.54, 1.807) is 12.1 Å². The van der Waals surface area contributed by atoms with Gasteiger partial charge < -0.3 is 20.3 Å². The molecule has 1 aromatic rings. The largest absolute Gasteiger partial charge is 0.504 e. The summed E-state index contributed by atoms with van der Waals surface area (Å²) >= 11 is 0. The van der Waals surface area contributed by atoms with Crippen molar-refractivity contribution in [3.8, 4) is 17.6 Å². The fourth-order valence-corrected chi connectivity index (χ4v) is 2.50. The number of nitrogens with zero attached hydrogens (tertiary/aromatic N) is 1. The highest BCUT2D eigenvalue weighted by molar-refractivity contribution is 5.85. The third-order valence-electron chi connectivity index (χ3n) is 3.63. The van der Waals surface area contributed by atoms with Crippen molar-refractivity contribution < 1.29 is 14.6 Å². The van der Waals surface area contributed by atoms with Crippen LogP contribution in [0, 0.1) is 17.2 Å². The molecule has 0 aliphatic carbocycles. The van der Waals surface area contributed by atoms with Crippen molar-refractivity contribution in [1.82, 2.24) is 0 Å². The van der Waals surface area contributed by atoms with Crippen LogP contribution in [0.3, 0.4) is 0 Å². The Labute approximate surface area is 124 Å². The molecule has 1 fully saturated rings. The highest BCUT2D eigenvalue weighted by atomic mass is 35.5. The standard InChI is InChI=1S/C14H18N2O3.ClH/c1-18-11-3-2-10(8-15)12(14(11)17)13(16)9-4-6-19-7-5-9;/h2-3,9,13,17H,4-7,16H2,1H3;1H/t13-;/m0./s1. The van der Waals surface area contributed by atoms with E-state index in [1.807, 2.05) is 0 Å². The van der Waals surface area contributed by atoms with Crippen molar-refractivity contribution >= 4 is 12.4 Å². The average Bonchev–Trinajstić information content (AvgIpc) is 2.47. The van der Waals surface area contributed by atoms with Crippen molar-refractivity contribution in [2.45, 2.75) is 18.9 Å². The number of methoxy groups -OCH3 is 1. The first-order chi connectivity index (χ1) is 9.19. The molecule has 0 radical (unpaired) electrons. The molecular formula is C14H19ClN2O3. The Morgan fingerprint density at radius 3 is 2.65 bits per heavy atom. The number of ether oxygens (including phenoxy) is 2. The molecule has 1 heterocycles. The van der Waals surface area contributed by atoms with Gasteiger partial charge >= 0.3 is 0 Å². The monoisotopic (exact) mass is 298 g/mol. The third-order valence-corrected chi connectivity index (χ3v) is 3.63. The first kappa shape index (κ1) is 16.6. The summed E-state index contributed by atoms with van der Waals surface area (Å²) in [4.78, 5) is 0. The maximum atomic E-state index is 10.2. The first-order valence-corrected chi connectivity index (χ1v) is 6.32. The number of phenolic OH excluding ortho intramolecular Hbond substituents is 1. The number of halogens is 1. The van der Waals surface area contributed by atoms with Gasteiger partial charge in [0.05, 0.1) is 18.7 Å². The topological polar surface area (TPSA) is 88.5 Å². The van der Waals surface area contributed by atoms with Crippen molar-refractivity contribution in [1.29, 1.82) is 5.26 Å². The van der Waals surface area contributed by atoms with Crippen LogP contribution in [0.25, 0.3) is 0 Å². The summed E-state index contributed by atoms with van der Waals surface area (Å²) in [6.07, 6.45) is 1.67. The number of phenols is 1. The third kappa shape index (κ3) is 3.15. The van der Waals surface area contributed by atoms with E-state index in [0.29, 0.717) is 30.1 Å². The number of benzene rings is 1. The molecule has 6 heteroatoms. The van der Waals surface area contributed by atoms with Crippen LogP contribution in [-0.4, -0.2) is 25.4 Å². The number of rotatable bonds is 3. The lowest BCUT2D eigenvalue weighted by Crippen LogP contribution is -2.28. The van der Waals surface area contributed by atoms with Gasteiger partial charge in [0.1, 0.15) is 0 Å². The van der Waals surface area contributed by atoms with Crippen LogP contribution >= 0.6 is 12.4 Å². The van der Waals surface area contributed by atoms with Gasteiger partial charge in [0.25, 0.3) is 0 Å². The van der Waals surface area contributed by atoms with Crippen molar-refractivity contribution in [2.75, 3.05) is 20.3 Å². The minimum atomic E-state index is -0.381. The summed E-state index contributed by atoms with van der Waals surface area (Å²) in [5, 5.41) is 19.4. The maximum absolute atomic E-state index is 10.2. The minimum Gasteiger partial charge on any atom is -0.504 e. The van der Waals surface area contributed by atoms with E-state index < -0.39 is 0 Å². The normalized spacial score (nSPS) is 16.9. The highest BCUT2D eigenvalue weighted by Crippen LogP contribution is 2.39. The van der Waals surface area contributed by atoms with Crippen LogP contribution in [0.15, 0.2) is 12.1 Å². The van der Waals surface area contributed by atoms with Gasteiger partial charge in [-0.15, -0.1) is 12.4 Å². The Balaban J connectivity index is 0.00000200. The van der Waals surface area contributed by atoms with Crippen LogP contribution in [0.5, 0.6) is 11.5 Å². The van der Waals surface area contributed by atoms with Gasteiger partial charge in [-0.1, -0.05) is 0 Å². The van der Waals surface area contributed by atoms with E-state index >= 15 is 0 Å². The second-order valence-electron chi connectivity index (χ2n) is 4.67. The average molecular weight is 299 g/mol. The molecule has 3 N–H and O–H groups in total. The molecule has 0 saturated carbocycles. The first-order valence-electron chi connectivity index (χ1n) is 6.32. The van der Waals surface area contributed by atoms with Crippen LogP contribution in [0.1, 0.15) is 30.0 Å². The molecule has 0 aromatic heterocycles. The summed E-state index contributed by atoms with van der Waals surface area (Å²) < 4.78 is 10.4. The zero-order valence-electron chi connectivity index (χ0n) is 11.3. The molecule has 1 atom stereocenters. The van der Waals surface area contributed by atoms with E-state index in [2.05, 4.69) is 6.07 Å². The Kier molecular flexibility index (Phi) is 6.08. The second kappa shape index (κ2) is 7.34. The van der Waals surface area contributed by atoms with Crippen molar-refractivity contribution in [3.05, 3.63) is 23.3 Å². The Morgan fingerprint density at radius 2 is 2.10 bits per heavy atom. The van der Waals surface area contributed by atoms with Gasteiger partial charge in [-0.2, -0.15) is 5.26 Å². The molecule has 0 bridgehead atoms. The van der Waals surface area contributed by atoms with Gasteiger partial charge in [-0.3, -0.25) is 0 Å². The van der Waals surface area contributed by atoms with E-state index in [1.165, 1.54) is 7.11 Å². The molecular weight excluding hydrogens is 280 g/mol. The predicted molar refractivity (Wildman–Crippen MR) is 77.1 cm³/mol. The van der Waals surface area contributed by atoms with Gasteiger partial charge in [-0.05, 0) is 30.9 Å².